The first kappa shape index (κ1) is 13.3. The molecule has 1 unspecified atom stereocenters. The highest BCUT2D eigenvalue weighted by Gasteiger charge is 2.08. The predicted octanol–water partition coefficient (Wildman–Crippen LogP) is 2.49. The Morgan fingerprint density at radius 3 is 2.81 bits per heavy atom. The summed E-state index contributed by atoms with van der Waals surface area (Å²) in [5, 5.41) is 3.43. The normalized spacial score (nSPS) is 13.2. The molecule has 92 valence electrons. The van der Waals surface area contributed by atoms with Gasteiger partial charge in [0, 0.05) is 31.2 Å². The van der Waals surface area contributed by atoms with Gasteiger partial charge in [-0.3, -0.25) is 4.90 Å². The van der Waals surface area contributed by atoms with Gasteiger partial charge in [0.25, 0.3) is 0 Å². The zero-order valence-electron chi connectivity index (χ0n) is 10.7. The number of furan rings is 1. The molecule has 0 aliphatic rings. The van der Waals surface area contributed by atoms with Crippen LogP contribution in [0.4, 0.5) is 0 Å². The smallest absolute Gasteiger partial charge is 0.0947 e. The van der Waals surface area contributed by atoms with Gasteiger partial charge in [0.2, 0.25) is 0 Å². The van der Waals surface area contributed by atoms with E-state index in [-0.39, 0.29) is 0 Å². The summed E-state index contributed by atoms with van der Waals surface area (Å²) in [6, 6.07) is 2.68. The van der Waals surface area contributed by atoms with Crippen LogP contribution in [0.25, 0.3) is 0 Å². The highest BCUT2D eigenvalue weighted by molar-refractivity contribution is 5.04. The number of hydrogen-bond donors (Lipinski definition) is 1. The number of nitrogens with zero attached hydrogens (tertiary/aromatic N) is 1. The van der Waals surface area contributed by atoms with Gasteiger partial charge in [-0.05, 0) is 26.0 Å². The minimum Gasteiger partial charge on any atom is -0.472 e. The fourth-order valence-corrected chi connectivity index (χ4v) is 1.80. The van der Waals surface area contributed by atoms with Gasteiger partial charge in [-0.1, -0.05) is 13.8 Å². The molecule has 0 radical (unpaired) electrons. The van der Waals surface area contributed by atoms with Crippen molar-refractivity contribution >= 4 is 0 Å². The van der Waals surface area contributed by atoms with E-state index in [1.54, 1.807) is 12.5 Å². The van der Waals surface area contributed by atoms with Gasteiger partial charge in [-0.2, -0.15) is 0 Å². The minimum absolute atomic E-state index is 0.681. The van der Waals surface area contributed by atoms with Gasteiger partial charge >= 0.3 is 0 Å². The Morgan fingerprint density at radius 1 is 1.44 bits per heavy atom. The third-order valence-electron chi connectivity index (χ3n) is 3.11. The molecule has 0 aliphatic carbocycles. The number of likely N-dealkylation sites (N-methyl/N-ethyl adjacent to an activating group) is 1. The van der Waals surface area contributed by atoms with Crippen LogP contribution in [0.15, 0.2) is 23.0 Å². The molecule has 3 nitrogen and oxygen atoms in total. The van der Waals surface area contributed by atoms with Gasteiger partial charge < -0.3 is 9.73 Å². The van der Waals surface area contributed by atoms with Gasteiger partial charge in [-0.15, -0.1) is 0 Å². The third-order valence-corrected chi connectivity index (χ3v) is 3.11. The molecule has 0 fully saturated rings. The van der Waals surface area contributed by atoms with Crippen molar-refractivity contribution in [1.82, 2.24) is 10.2 Å². The summed E-state index contributed by atoms with van der Waals surface area (Å²) in [4.78, 5) is 2.50. The van der Waals surface area contributed by atoms with Crippen LogP contribution >= 0.6 is 0 Å². The monoisotopic (exact) mass is 224 g/mol. The molecule has 3 heteroatoms. The summed E-state index contributed by atoms with van der Waals surface area (Å²) in [5.41, 5.74) is 1.21. The van der Waals surface area contributed by atoms with Crippen LogP contribution < -0.4 is 5.32 Å². The quantitative estimate of drug-likeness (QED) is 0.688. The van der Waals surface area contributed by atoms with Crippen molar-refractivity contribution < 1.29 is 4.42 Å². The molecule has 0 aromatic carbocycles. The van der Waals surface area contributed by atoms with E-state index in [4.69, 9.17) is 4.42 Å². The van der Waals surface area contributed by atoms with E-state index in [9.17, 15) is 0 Å². The van der Waals surface area contributed by atoms with Crippen LogP contribution in [-0.2, 0) is 6.54 Å². The van der Waals surface area contributed by atoms with E-state index in [1.165, 1.54) is 12.0 Å². The van der Waals surface area contributed by atoms with E-state index in [0.29, 0.717) is 6.04 Å². The SMILES string of the molecule is CCC(C)N(CC)CCNCc1ccoc1. The number of nitrogens with one attached hydrogen (secondary N) is 1. The molecular formula is C13H24N2O. The molecule has 0 saturated carbocycles. The molecule has 1 aromatic rings. The van der Waals surface area contributed by atoms with Gasteiger partial charge in [0.15, 0.2) is 0 Å². The Morgan fingerprint density at radius 2 is 2.25 bits per heavy atom. The van der Waals surface area contributed by atoms with Crippen molar-refractivity contribution in [3.63, 3.8) is 0 Å². The summed E-state index contributed by atoms with van der Waals surface area (Å²) in [7, 11) is 0. The zero-order valence-corrected chi connectivity index (χ0v) is 10.7. The van der Waals surface area contributed by atoms with Crippen molar-refractivity contribution in [3.05, 3.63) is 24.2 Å². The minimum atomic E-state index is 0.681. The zero-order chi connectivity index (χ0) is 11.8. The average molecular weight is 224 g/mol. The van der Waals surface area contributed by atoms with Crippen LogP contribution in [0.5, 0.6) is 0 Å². The lowest BCUT2D eigenvalue weighted by Crippen LogP contribution is -2.37. The van der Waals surface area contributed by atoms with Crippen molar-refractivity contribution in [2.24, 2.45) is 0 Å². The lowest BCUT2D eigenvalue weighted by Gasteiger charge is -2.26. The molecule has 0 bridgehead atoms. The Kier molecular flexibility index (Phi) is 6.19. The van der Waals surface area contributed by atoms with Gasteiger partial charge in [0.05, 0.1) is 12.5 Å². The third kappa shape index (κ3) is 4.37. The Bertz CT molecular complexity index is 259. The van der Waals surface area contributed by atoms with E-state index >= 15 is 0 Å². The number of rotatable bonds is 8. The van der Waals surface area contributed by atoms with E-state index in [1.807, 2.05) is 6.07 Å². The largest absolute Gasteiger partial charge is 0.472 e. The van der Waals surface area contributed by atoms with E-state index < -0.39 is 0 Å². The molecule has 1 heterocycles. The second kappa shape index (κ2) is 7.47. The second-order valence-corrected chi connectivity index (χ2v) is 4.19. The Balaban J connectivity index is 2.13. The Hall–Kier alpha value is -0.800. The molecule has 0 amide bonds. The topological polar surface area (TPSA) is 28.4 Å². The molecule has 0 saturated heterocycles. The van der Waals surface area contributed by atoms with Crippen molar-refractivity contribution in [2.75, 3.05) is 19.6 Å². The molecule has 16 heavy (non-hydrogen) atoms. The van der Waals surface area contributed by atoms with Gasteiger partial charge in [-0.25, -0.2) is 0 Å². The van der Waals surface area contributed by atoms with Crippen molar-refractivity contribution in [1.29, 1.82) is 0 Å². The maximum atomic E-state index is 5.02. The Labute approximate surface area is 98.8 Å². The van der Waals surface area contributed by atoms with Gasteiger partial charge in [0.1, 0.15) is 0 Å². The summed E-state index contributed by atoms with van der Waals surface area (Å²) in [6.07, 6.45) is 4.73. The van der Waals surface area contributed by atoms with Crippen LogP contribution in [0, 0.1) is 0 Å². The predicted molar refractivity (Wildman–Crippen MR) is 67.4 cm³/mol. The van der Waals surface area contributed by atoms with Crippen molar-refractivity contribution in [2.45, 2.75) is 39.8 Å². The molecule has 1 atom stereocenters. The number of hydrogen-bond acceptors (Lipinski definition) is 3. The highest BCUT2D eigenvalue weighted by atomic mass is 16.3. The first-order chi connectivity index (χ1) is 7.77. The van der Waals surface area contributed by atoms with Crippen LogP contribution in [0.3, 0.4) is 0 Å². The summed E-state index contributed by atoms with van der Waals surface area (Å²) >= 11 is 0. The summed E-state index contributed by atoms with van der Waals surface area (Å²) in [6.45, 7) is 10.9. The first-order valence-electron chi connectivity index (χ1n) is 6.23. The highest BCUT2D eigenvalue weighted by Crippen LogP contribution is 2.02. The lowest BCUT2D eigenvalue weighted by atomic mass is 10.2. The molecule has 1 rings (SSSR count). The fourth-order valence-electron chi connectivity index (χ4n) is 1.80. The second-order valence-electron chi connectivity index (χ2n) is 4.19. The van der Waals surface area contributed by atoms with E-state index in [2.05, 4.69) is 31.0 Å². The van der Waals surface area contributed by atoms with E-state index in [0.717, 1.165) is 26.2 Å². The molecule has 0 aliphatic heterocycles. The van der Waals surface area contributed by atoms with Crippen molar-refractivity contribution in [3.8, 4) is 0 Å². The molecule has 0 spiro atoms. The lowest BCUT2D eigenvalue weighted by molar-refractivity contribution is 0.215. The molecular weight excluding hydrogens is 200 g/mol. The summed E-state index contributed by atoms with van der Waals surface area (Å²) in [5.74, 6) is 0. The fraction of sp³-hybridized carbons (Fsp3) is 0.692. The first-order valence-corrected chi connectivity index (χ1v) is 6.23. The maximum Gasteiger partial charge on any atom is 0.0947 e. The van der Waals surface area contributed by atoms with Crippen LogP contribution in [0.1, 0.15) is 32.8 Å². The standard InChI is InChI=1S/C13H24N2O/c1-4-12(3)15(5-2)8-7-14-10-13-6-9-16-11-13/h6,9,11-12,14H,4-5,7-8,10H2,1-3H3. The molecule has 1 aromatic heterocycles. The maximum absolute atomic E-state index is 5.02. The van der Waals surface area contributed by atoms with Crippen LogP contribution in [0.2, 0.25) is 0 Å². The molecule has 1 N–H and O–H groups in total. The average Bonchev–Trinajstić information content (AvgIpc) is 2.81. The van der Waals surface area contributed by atoms with Crippen LogP contribution in [-0.4, -0.2) is 30.6 Å². The summed E-state index contributed by atoms with van der Waals surface area (Å²) < 4.78 is 5.02.